The zero-order chi connectivity index (χ0) is 25.6. The van der Waals surface area contributed by atoms with Gasteiger partial charge < -0.3 is 0 Å². The molecular formula is C36H42. The van der Waals surface area contributed by atoms with Crippen LogP contribution in [0, 0.1) is 13.8 Å². The van der Waals surface area contributed by atoms with Crippen molar-refractivity contribution in [3.63, 3.8) is 0 Å². The van der Waals surface area contributed by atoms with Crippen molar-refractivity contribution in [1.82, 2.24) is 0 Å². The summed E-state index contributed by atoms with van der Waals surface area (Å²) in [6.45, 7) is 8.57. The maximum atomic E-state index is 2.27. The molecule has 0 saturated carbocycles. The molecule has 0 fully saturated rings. The quantitative estimate of drug-likeness (QED) is 0.167. The first-order valence-electron chi connectivity index (χ1n) is 13.5. The third-order valence-electron chi connectivity index (χ3n) is 6.58. The first-order valence-corrected chi connectivity index (χ1v) is 13.5. The lowest BCUT2D eigenvalue weighted by Gasteiger charge is -2.05. The Balaban J connectivity index is 0.000000201. The molecule has 186 valence electrons. The Kier molecular flexibility index (Phi) is 11.3. The normalized spacial score (nSPS) is 10.8. The monoisotopic (exact) mass is 474 g/mol. The largest absolute Gasteiger partial charge is 0.0917 e. The highest BCUT2D eigenvalue weighted by atomic mass is 14.0. The van der Waals surface area contributed by atoms with E-state index in [9.17, 15) is 0 Å². The van der Waals surface area contributed by atoms with E-state index in [2.05, 4.69) is 137 Å². The average molecular weight is 475 g/mol. The van der Waals surface area contributed by atoms with Gasteiger partial charge in [0, 0.05) is 0 Å². The molecule has 0 heteroatoms. The van der Waals surface area contributed by atoms with Gasteiger partial charge in [0.05, 0.1) is 0 Å². The molecule has 0 saturated heterocycles. The molecule has 0 N–H and O–H groups in total. The maximum Gasteiger partial charge on any atom is -0.0184 e. The minimum atomic E-state index is 1.12. The second kappa shape index (κ2) is 14.9. The second-order valence-corrected chi connectivity index (χ2v) is 9.69. The van der Waals surface area contributed by atoms with Crippen molar-refractivity contribution in [2.75, 3.05) is 0 Å². The fraction of sp³-hybridized carbons (Fsp3) is 0.278. The molecule has 0 aliphatic rings. The van der Waals surface area contributed by atoms with Crippen LogP contribution < -0.4 is 0 Å². The van der Waals surface area contributed by atoms with E-state index < -0.39 is 0 Å². The molecule has 0 radical (unpaired) electrons. The summed E-state index contributed by atoms with van der Waals surface area (Å²) in [5.74, 6) is 0. The summed E-state index contributed by atoms with van der Waals surface area (Å²) in [4.78, 5) is 0. The number of hydrogen-bond acceptors (Lipinski definition) is 0. The van der Waals surface area contributed by atoms with Crippen molar-refractivity contribution in [3.05, 3.63) is 131 Å². The van der Waals surface area contributed by atoms with Crippen LogP contribution in [0.1, 0.15) is 61.8 Å². The molecule has 4 aromatic carbocycles. The van der Waals surface area contributed by atoms with Crippen molar-refractivity contribution in [3.8, 4) is 22.3 Å². The Hall–Kier alpha value is -3.38. The van der Waals surface area contributed by atoms with Gasteiger partial charge >= 0.3 is 0 Å². The predicted octanol–water partition coefficient (Wildman–Crippen LogP) is 10.6. The molecule has 0 aliphatic carbocycles. The lowest BCUT2D eigenvalue weighted by atomic mass is 10.0. The third kappa shape index (κ3) is 9.00. The van der Waals surface area contributed by atoms with Crippen LogP contribution in [0.25, 0.3) is 22.3 Å². The summed E-state index contributed by atoms with van der Waals surface area (Å²) in [5.41, 5.74) is 10.7. The van der Waals surface area contributed by atoms with Gasteiger partial charge in [-0.3, -0.25) is 0 Å². The molecule has 0 spiro atoms. The van der Waals surface area contributed by atoms with Crippen molar-refractivity contribution >= 4 is 0 Å². The first-order chi connectivity index (χ1) is 17.6. The van der Waals surface area contributed by atoms with Crippen LogP contribution in [0.3, 0.4) is 0 Å². The highest BCUT2D eigenvalue weighted by Gasteiger charge is 1.99. The zero-order valence-corrected chi connectivity index (χ0v) is 22.6. The van der Waals surface area contributed by atoms with Gasteiger partial charge in [-0.2, -0.15) is 0 Å². The second-order valence-electron chi connectivity index (χ2n) is 9.69. The number of rotatable bonds is 9. The molecule has 0 aliphatic heterocycles. The molecule has 0 aromatic heterocycles. The van der Waals surface area contributed by atoms with Crippen LogP contribution >= 0.6 is 0 Å². The van der Waals surface area contributed by atoms with Crippen LogP contribution in [-0.2, 0) is 12.8 Å². The molecule has 36 heavy (non-hydrogen) atoms. The van der Waals surface area contributed by atoms with Gasteiger partial charge in [-0.25, -0.2) is 0 Å². The molecule has 4 aromatic rings. The summed E-state index contributed by atoms with van der Waals surface area (Å²) < 4.78 is 0. The Bertz CT molecular complexity index is 1160. The van der Waals surface area contributed by atoms with Gasteiger partial charge in [-0.1, -0.05) is 140 Å². The van der Waals surface area contributed by atoms with Crippen LogP contribution in [0.5, 0.6) is 0 Å². The van der Waals surface area contributed by atoms with Crippen molar-refractivity contribution in [1.29, 1.82) is 0 Å². The minimum Gasteiger partial charge on any atom is -0.0917 e. The highest BCUT2D eigenvalue weighted by Crippen LogP contribution is 2.22. The van der Waals surface area contributed by atoms with E-state index in [-0.39, 0.29) is 0 Å². The van der Waals surface area contributed by atoms with Gasteiger partial charge in [0.25, 0.3) is 0 Å². The lowest BCUT2D eigenvalue weighted by molar-refractivity contribution is 0.717. The average Bonchev–Trinajstić information content (AvgIpc) is 2.91. The minimum absolute atomic E-state index is 1.12. The standard InChI is InChI=1S/C18H22.C18H20/c2*1-3-4-5-6-16-9-13-18(14-10-16)17-11-7-15(2)8-12-17/h7-14H,3-6H2,1-2H3;3-4,7-14H,5-6H2,1-2H3/b;4-3+. The van der Waals surface area contributed by atoms with Crippen molar-refractivity contribution in [2.45, 2.75) is 66.2 Å². The maximum absolute atomic E-state index is 2.27. The van der Waals surface area contributed by atoms with Gasteiger partial charge in [-0.15, -0.1) is 0 Å². The van der Waals surface area contributed by atoms with E-state index >= 15 is 0 Å². The summed E-state index contributed by atoms with van der Waals surface area (Å²) >= 11 is 0. The number of hydrogen-bond donors (Lipinski definition) is 0. The third-order valence-corrected chi connectivity index (χ3v) is 6.58. The number of unbranched alkanes of at least 4 members (excludes halogenated alkanes) is 2. The molecule has 4 rings (SSSR count). The molecule has 0 atom stereocenters. The smallest absolute Gasteiger partial charge is 0.0184 e. The summed E-state index contributed by atoms with van der Waals surface area (Å²) in [5, 5.41) is 0. The molecule has 0 bridgehead atoms. The number of allylic oxidation sites excluding steroid dienone is 2. The van der Waals surface area contributed by atoms with Gasteiger partial charge in [0.1, 0.15) is 0 Å². The first kappa shape index (κ1) is 27.2. The Labute approximate surface area is 219 Å². The van der Waals surface area contributed by atoms with E-state index in [1.807, 2.05) is 0 Å². The Morgan fingerprint density at radius 1 is 0.500 bits per heavy atom. The molecule has 0 heterocycles. The summed E-state index contributed by atoms with van der Waals surface area (Å²) in [7, 11) is 0. The highest BCUT2D eigenvalue weighted by molar-refractivity contribution is 5.64. The van der Waals surface area contributed by atoms with E-state index in [4.69, 9.17) is 0 Å². The van der Waals surface area contributed by atoms with E-state index in [0.29, 0.717) is 0 Å². The molecule has 0 nitrogen and oxygen atoms in total. The van der Waals surface area contributed by atoms with Crippen LogP contribution in [-0.4, -0.2) is 0 Å². The van der Waals surface area contributed by atoms with Gasteiger partial charge in [0.2, 0.25) is 0 Å². The lowest BCUT2D eigenvalue weighted by Crippen LogP contribution is -1.86. The van der Waals surface area contributed by atoms with E-state index in [1.54, 1.807) is 0 Å². The molecule has 0 unspecified atom stereocenters. The van der Waals surface area contributed by atoms with Crippen LogP contribution in [0.15, 0.2) is 109 Å². The Morgan fingerprint density at radius 3 is 1.28 bits per heavy atom. The summed E-state index contributed by atoms with van der Waals surface area (Å²) in [6, 6.07) is 35.4. The summed E-state index contributed by atoms with van der Waals surface area (Å²) in [6.07, 6.45) is 11.7. The van der Waals surface area contributed by atoms with E-state index in [1.165, 1.54) is 70.2 Å². The molecular weight excluding hydrogens is 432 g/mol. The Morgan fingerprint density at radius 2 is 0.889 bits per heavy atom. The van der Waals surface area contributed by atoms with Gasteiger partial charge in [-0.05, 0) is 79.8 Å². The fourth-order valence-corrected chi connectivity index (χ4v) is 4.22. The fourth-order valence-electron chi connectivity index (χ4n) is 4.22. The van der Waals surface area contributed by atoms with E-state index in [0.717, 1.165) is 12.8 Å². The number of benzene rings is 4. The number of aryl methyl sites for hydroxylation is 4. The van der Waals surface area contributed by atoms with Crippen molar-refractivity contribution in [2.24, 2.45) is 0 Å². The van der Waals surface area contributed by atoms with Crippen molar-refractivity contribution < 1.29 is 0 Å². The topological polar surface area (TPSA) is 0 Å². The van der Waals surface area contributed by atoms with Gasteiger partial charge in [0.15, 0.2) is 0 Å². The molecule has 0 amide bonds. The predicted molar refractivity (Wildman–Crippen MR) is 160 cm³/mol. The van der Waals surface area contributed by atoms with Crippen LogP contribution in [0.4, 0.5) is 0 Å². The van der Waals surface area contributed by atoms with Crippen LogP contribution in [0.2, 0.25) is 0 Å². The zero-order valence-electron chi connectivity index (χ0n) is 22.6. The SMILES string of the molecule is C/C=C/CCc1ccc(-c2ccc(C)cc2)cc1.CCCCCc1ccc(-c2ccc(C)cc2)cc1.